The second kappa shape index (κ2) is 8.01. The molecule has 0 radical (unpaired) electrons. The van der Waals surface area contributed by atoms with Gasteiger partial charge >= 0.3 is 0 Å². The zero-order valence-corrected chi connectivity index (χ0v) is 15.6. The molecule has 0 saturated heterocycles. The van der Waals surface area contributed by atoms with E-state index in [9.17, 15) is 5.11 Å². The molecular formula is C22H26N2O3. The Morgan fingerprint density at radius 1 is 1.26 bits per heavy atom. The molecule has 0 spiro atoms. The minimum Gasteiger partial charge on any atom is -0.493 e. The minimum absolute atomic E-state index is 0.299. The molecule has 0 aliphatic carbocycles. The number of ether oxygens (including phenoxy) is 2. The number of fused-ring (bicyclic) bond motifs is 2. The van der Waals surface area contributed by atoms with Crippen LogP contribution >= 0.6 is 0 Å². The van der Waals surface area contributed by atoms with Crippen LogP contribution in [0.2, 0.25) is 0 Å². The number of para-hydroxylation sites is 1. The fraction of sp³-hybridized carbons (Fsp3) is 0.409. The SMILES string of the molecule is Cc1[nH]nc2cccc(OC[C@@H](O)CCCC3COc4ccccc4C3)c12. The number of nitrogens with zero attached hydrogens (tertiary/aromatic N) is 1. The van der Waals surface area contributed by atoms with Gasteiger partial charge in [0.25, 0.3) is 0 Å². The third-order valence-electron chi connectivity index (χ3n) is 5.26. The summed E-state index contributed by atoms with van der Waals surface area (Å²) in [6, 6.07) is 14.1. The predicted octanol–water partition coefficient (Wildman–Crippen LogP) is 4.03. The number of aromatic amines is 1. The lowest BCUT2D eigenvalue weighted by molar-refractivity contribution is 0.0953. The first-order valence-corrected chi connectivity index (χ1v) is 9.66. The Morgan fingerprint density at radius 2 is 2.15 bits per heavy atom. The van der Waals surface area contributed by atoms with Gasteiger partial charge in [0.2, 0.25) is 0 Å². The maximum atomic E-state index is 10.3. The molecule has 1 unspecified atom stereocenters. The lowest BCUT2D eigenvalue weighted by Gasteiger charge is -2.25. The molecular weight excluding hydrogens is 340 g/mol. The quantitative estimate of drug-likeness (QED) is 0.662. The molecule has 27 heavy (non-hydrogen) atoms. The second-order valence-electron chi connectivity index (χ2n) is 7.38. The van der Waals surface area contributed by atoms with Crippen LogP contribution in [0.4, 0.5) is 0 Å². The highest BCUT2D eigenvalue weighted by Crippen LogP contribution is 2.29. The molecule has 5 nitrogen and oxygen atoms in total. The van der Waals surface area contributed by atoms with E-state index in [0.717, 1.165) is 60.4 Å². The van der Waals surface area contributed by atoms with Gasteiger partial charge < -0.3 is 14.6 Å². The molecule has 0 bridgehead atoms. The summed E-state index contributed by atoms with van der Waals surface area (Å²) in [5, 5.41) is 18.5. The third-order valence-corrected chi connectivity index (χ3v) is 5.26. The summed E-state index contributed by atoms with van der Waals surface area (Å²) in [6.45, 7) is 3.04. The van der Waals surface area contributed by atoms with Gasteiger partial charge in [-0.25, -0.2) is 0 Å². The van der Waals surface area contributed by atoms with E-state index in [1.807, 2.05) is 37.3 Å². The summed E-state index contributed by atoms with van der Waals surface area (Å²) in [7, 11) is 0. The molecule has 0 amide bonds. The molecule has 2 heterocycles. The van der Waals surface area contributed by atoms with Crippen molar-refractivity contribution in [2.45, 2.75) is 38.7 Å². The molecule has 4 rings (SSSR count). The van der Waals surface area contributed by atoms with E-state index in [0.29, 0.717) is 12.5 Å². The van der Waals surface area contributed by atoms with Gasteiger partial charge in [0.15, 0.2) is 0 Å². The van der Waals surface area contributed by atoms with Crippen LogP contribution in [0, 0.1) is 12.8 Å². The van der Waals surface area contributed by atoms with Crippen molar-refractivity contribution in [3.05, 3.63) is 53.7 Å². The van der Waals surface area contributed by atoms with Gasteiger partial charge in [-0.2, -0.15) is 5.10 Å². The lowest BCUT2D eigenvalue weighted by atomic mass is 9.92. The van der Waals surface area contributed by atoms with Crippen molar-refractivity contribution in [1.29, 1.82) is 0 Å². The Labute approximate surface area is 159 Å². The summed E-state index contributed by atoms with van der Waals surface area (Å²) < 4.78 is 11.7. The Kier molecular flexibility index (Phi) is 5.30. The highest BCUT2D eigenvalue weighted by molar-refractivity contribution is 5.87. The molecule has 2 N–H and O–H groups in total. The van der Waals surface area contributed by atoms with E-state index in [1.165, 1.54) is 5.56 Å². The van der Waals surface area contributed by atoms with Crippen molar-refractivity contribution in [3.8, 4) is 11.5 Å². The van der Waals surface area contributed by atoms with E-state index in [2.05, 4.69) is 22.3 Å². The highest BCUT2D eigenvalue weighted by atomic mass is 16.5. The average molecular weight is 366 g/mol. The van der Waals surface area contributed by atoms with Crippen LogP contribution in [-0.4, -0.2) is 34.6 Å². The van der Waals surface area contributed by atoms with E-state index in [4.69, 9.17) is 9.47 Å². The Bertz CT molecular complexity index is 905. The van der Waals surface area contributed by atoms with Gasteiger partial charge in [0.1, 0.15) is 18.1 Å². The van der Waals surface area contributed by atoms with Crippen LogP contribution in [0.1, 0.15) is 30.5 Å². The molecule has 2 aromatic carbocycles. The number of aromatic nitrogens is 2. The average Bonchev–Trinajstić information content (AvgIpc) is 3.08. The first kappa shape index (κ1) is 17.9. The van der Waals surface area contributed by atoms with Gasteiger partial charge in [-0.15, -0.1) is 0 Å². The largest absolute Gasteiger partial charge is 0.493 e. The molecule has 5 heteroatoms. The predicted molar refractivity (Wildman–Crippen MR) is 105 cm³/mol. The fourth-order valence-electron chi connectivity index (χ4n) is 3.80. The molecule has 2 atom stereocenters. The van der Waals surface area contributed by atoms with Crippen LogP contribution in [-0.2, 0) is 6.42 Å². The van der Waals surface area contributed by atoms with Crippen molar-refractivity contribution in [2.75, 3.05) is 13.2 Å². The number of hydrogen-bond donors (Lipinski definition) is 2. The Balaban J connectivity index is 1.23. The van der Waals surface area contributed by atoms with Gasteiger partial charge in [-0.1, -0.05) is 30.7 Å². The lowest BCUT2D eigenvalue weighted by Crippen LogP contribution is -2.22. The third kappa shape index (κ3) is 4.08. The van der Waals surface area contributed by atoms with Crippen molar-refractivity contribution in [2.24, 2.45) is 5.92 Å². The van der Waals surface area contributed by atoms with E-state index >= 15 is 0 Å². The molecule has 0 saturated carbocycles. The standard InChI is InChI=1S/C22H26N2O3/c1-15-22-19(24-23-15)9-5-11-21(22)27-14-18(25)8-4-6-16-12-17-7-2-3-10-20(17)26-13-16/h2-3,5,7,9-11,16,18,25H,4,6,8,12-14H2,1H3,(H,23,24)/t16?,18-/m0/s1. The van der Waals surface area contributed by atoms with Gasteiger partial charge in [0, 0.05) is 5.69 Å². The molecule has 142 valence electrons. The normalized spacial score (nSPS) is 17.3. The maximum Gasteiger partial charge on any atom is 0.130 e. The van der Waals surface area contributed by atoms with Gasteiger partial charge in [-0.05, 0) is 55.9 Å². The smallest absolute Gasteiger partial charge is 0.130 e. The van der Waals surface area contributed by atoms with Crippen molar-refractivity contribution in [1.82, 2.24) is 10.2 Å². The summed E-state index contributed by atoms with van der Waals surface area (Å²) in [5.74, 6) is 2.32. The Morgan fingerprint density at radius 3 is 3.07 bits per heavy atom. The summed E-state index contributed by atoms with van der Waals surface area (Å²) in [6.07, 6.45) is 3.35. The Hall–Kier alpha value is -2.53. The summed E-state index contributed by atoms with van der Waals surface area (Å²) >= 11 is 0. The number of aliphatic hydroxyl groups excluding tert-OH is 1. The number of aryl methyl sites for hydroxylation is 1. The van der Waals surface area contributed by atoms with Crippen LogP contribution in [0.3, 0.4) is 0 Å². The number of H-pyrrole nitrogens is 1. The first-order chi connectivity index (χ1) is 13.2. The number of hydrogen-bond acceptors (Lipinski definition) is 4. The molecule has 0 fully saturated rings. The van der Waals surface area contributed by atoms with Crippen molar-refractivity contribution >= 4 is 10.9 Å². The van der Waals surface area contributed by atoms with Crippen molar-refractivity contribution < 1.29 is 14.6 Å². The van der Waals surface area contributed by atoms with Gasteiger partial charge in [-0.3, -0.25) is 5.10 Å². The fourth-order valence-corrected chi connectivity index (χ4v) is 3.80. The molecule has 1 aliphatic heterocycles. The van der Waals surface area contributed by atoms with E-state index in [1.54, 1.807) is 0 Å². The molecule has 1 aliphatic rings. The second-order valence-corrected chi connectivity index (χ2v) is 7.38. The number of aliphatic hydroxyl groups is 1. The number of rotatable bonds is 7. The van der Waals surface area contributed by atoms with Crippen LogP contribution < -0.4 is 9.47 Å². The highest BCUT2D eigenvalue weighted by Gasteiger charge is 2.19. The maximum absolute atomic E-state index is 10.3. The van der Waals surface area contributed by atoms with Crippen LogP contribution in [0.25, 0.3) is 10.9 Å². The summed E-state index contributed by atoms with van der Waals surface area (Å²) in [5.41, 5.74) is 3.16. The van der Waals surface area contributed by atoms with Crippen LogP contribution in [0.5, 0.6) is 11.5 Å². The monoisotopic (exact) mass is 366 g/mol. The van der Waals surface area contributed by atoms with Crippen molar-refractivity contribution in [3.63, 3.8) is 0 Å². The molecule has 1 aromatic heterocycles. The zero-order valence-electron chi connectivity index (χ0n) is 15.6. The molecule has 3 aromatic rings. The van der Waals surface area contributed by atoms with E-state index < -0.39 is 6.10 Å². The van der Waals surface area contributed by atoms with Gasteiger partial charge in [0.05, 0.1) is 23.6 Å². The van der Waals surface area contributed by atoms with Crippen LogP contribution in [0.15, 0.2) is 42.5 Å². The first-order valence-electron chi connectivity index (χ1n) is 9.66. The topological polar surface area (TPSA) is 67.4 Å². The minimum atomic E-state index is -0.468. The number of nitrogens with one attached hydrogen (secondary N) is 1. The summed E-state index contributed by atoms with van der Waals surface area (Å²) in [4.78, 5) is 0. The number of benzene rings is 2. The van der Waals surface area contributed by atoms with E-state index in [-0.39, 0.29) is 0 Å². The zero-order chi connectivity index (χ0) is 18.6.